The number of carbonyl (C=O) groups excluding carboxylic acids is 3. The van der Waals surface area contributed by atoms with Gasteiger partial charge in [0.15, 0.2) is 22.2 Å². The Bertz CT molecular complexity index is 1790. The standard InChI is InChI=1S/C40H53N3O7S2/c1-7-9-20-40(21-10-8-2)25-43(30-14-12-11-13-15-30)32-22-34(51-6)33(23-35(32)52(48,49)26-40)50-24-36(46)41-38(29-16-18-31(45)19-17-29)39(47)42-37(27(3)4)28(5)44/h11-19,22-23,27,37-38,45H,7-10,20-21,24-26H2,1-6H3,(H,41,46)(H,42,47)/t37-,38+/m0/s1. The van der Waals surface area contributed by atoms with E-state index >= 15 is 0 Å². The molecule has 3 aromatic carbocycles. The van der Waals surface area contributed by atoms with E-state index < -0.39 is 45.8 Å². The molecule has 0 aliphatic carbocycles. The summed E-state index contributed by atoms with van der Waals surface area (Å²) in [4.78, 5) is 42.2. The van der Waals surface area contributed by atoms with Gasteiger partial charge in [-0.05, 0) is 67.8 Å². The zero-order chi connectivity index (χ0) is 38.1. The molecule has 10 nitrogen and oxygen atoms in total. The van der Waals surface area contributed by atoms with E-state index in [2.05, 4.69) is 29.4 Å². The van der Waals surface area contributed by atoms with Gasteiger partial charge < -0.3 is 25.4 Å². The molecule has 12 heteroatoms. The Morgan fingerprint density at radius 2 is 1.60 bits per heavy atom. The van der Waals surface area contributed by atoms with E-state index in [0.29, 0.717) is 22.7 Å². The number of phenols is 1. The summed E-state index contributed by atoms with van der Waals surface area (Å²) in [6, 6.07) is 17.1. The fourth-order valence-corrected chi connectivity index (χ4v) is 9.53. The average molecular weight is 752 g/mol. The molecule has 0 aromatic heterocycles. The predicted molar refractivity (Wildman–Crippen MR) is 207 cm³/mol. The molecule has 1 aliphatic heterocycles. The summed E-state index contributed by atoms with van der Waals surface area (Å²) in [5, 5.41) is 15.3. The third kappa shape index (κ3) is 10.1. The Balaban J connectivity index is 1.69. The molecule has 0 saturated heterocycles. The van der Waals surface area contributed by atoms with Crippen LogP contribution < -0.4 is 20.3 Å². The van der Waals surface area contributed by atoms with E-state index in [9.17, 15) is 27.9 Å². The minimum absolute atomic E-state index is 0.00985. The Morgan fingerprint density at radius 1 is 0.962 bits per heavy atom. The highest BCUT2D eigenvalue weighted by Crippen LogP contribution is 2.47. The van der Waals surface area contributed by atoms with Gasteiger partial charge >= 0.3 is 0 Å². The number of carbonyl (C=O) groups is 3. The van der Waals surface area contributed by atoms with Crippen molar-refractivity contribution in [2.24, 2.45) is 11.3 Å². The molecule has 0 radical (unpaired) electrons. The molecule has 4 rings (SSSR count). The SMILES string of the molecule is CCCCC1(CCCC)CN(c2ccccc2)c2cc(SC)c(OCC(=O)N[C@@H](C(=O)N[C@H](C(C)=O)C(C)C)c3ccc(O)cc3)cc2S(=O)(=O)C1. The highest BCUT2D eigenvalue weighted by Gasteiger charge is 2.42. The lowest BCUT2D eigenvalue weighted by Gasteiger charge is -2.37. The molecule has 1 heterocycles. The topological polar surface area (TPSA) is 142 Å². The molecule has 3 N–H and O–H groups in total. The first-order chi connectivity index (χ1) is 24.7. The second-order valence-corrected chi connectivity index (χ2v) is 16.9. The van der Waals surface area contributed by atoms with Gasteiger partial charge in [-0.25, -0.2) is 8.42 Å². The number of nitrogens with zero attached hydrogens (tertiary/aromatic N) is 1. The van der Waals surface area contributed by atoms with Crippen LogP contribution in [0.5, 0.6) is 11.5 Å². The minimum atomic E-state index is -3.80. The van der Waals surface area contributed by atoms with Crippen molar-refractivity contribution in [2.75, 3.05) is 30.1 Å². The molecule has 52 heavy (non-hydrogen) atoms. The number of aromatic hydroxyl groups is 1. The summed E-state index contributed by atoms with van der Waals surface area (Å²) < 4.78 is 34.9. The Labute approximate surface area is 313 Å². The number of hydrogen-bond donors (Lipinski definition) is 3. The summed E-state index contributed by atoms with van der Waals surface area (Å²) in [5.41, 5.74) is 1.42. The monoisotopic (exact) mass is 751 g/mol. The second kappa shape index (κ2) is 18.1. The lowest BCUT2D eigenvalue weighted by atomic mass is 9.79. The Morgan fingerprint density at radius 3 is 2.15 bits per heavy atom. The third-order valence-corrected chi connectivity index (χ3v) is 12.4. The van der Waals surface area contributed by atoms with Crippen molar-refractivity contribution in [3.63, 3.8) is 0 Å². The first-order valence-corrected chi connectivity index (χ1v) is 20.9. The molecule has 0 saturated carbocycles. The number of anilines is 2. The zero-order valence-corrected chi connectivity index (χ0v) is 32.7. The molecule has 2 amide bonds. The van der Waals surface area contributed by atoms with Crippen LogP contribution in [0.2, 0.25) is 0 Å². The van der Waals surface area contributed by atoms with Gasteiger partial charge in [0.2, 0.25) is 5.91 Å². The van der Waals surface area contributed by atoms with Crippen LogP contribution in [0.1, 0.15) is 84.7 Å². The van der Waals surface area contributed by atoms with E-state index in [-0.39, 0.29) is 33.8 Å². The van der Waals surface area contributed by atoms with Crippen LogP contribution >= 0.6 is 11.8 Å². The molecule has 282 valence electrons. The van der Waals surface area contributed by atoms with Crippen LogP contribution in [-0.2, 0) is 24.2 Å². The normalized spacial score (nSPS) is 15.9. The van der Waals surface area contributed by atoms with Crippen LogP contribution in [0.25, 0.3) is 0 Å². The van der Waals surface area contributed by atoms with Crippen LogP contribution in [0.4, 0.5) is 11.4 Å². The van der Waals surface area contributed by atoms with Gasteiger partial charge in [0.05, 0.1) is 27.3 Å². The van der Waals surface area contributed by atoms with Crippen molar-refractivity contribution in [2.45, 2.75) is 95.0 Å². The van der Waals surface area contributed by atoms with E-state index in [1.54, 1.807) is 6.07 Å². The maximum absolute atomic E-state index is 14.4. The number of rotatable bonds is 17. The molecule has 0 unspecified atom stereocenters. The van der Waals surface area contributed by atoms with Gasteiger partial charge in [0, 0.05) is 23.7 Å². The molecule has 0 spiro atoms. The maximum Gasteiger partial charge on any atom is 0.258 e. The Hall–Kier alpha value is -4.03. The Kier molecular flexibility index (Phi) is 14.2. The minimum Gasteiger partial charge on any atom is -0.508 e. The number of fused-ring (bicyclic) bond motifs is 1. The fourth-order valence-electron chi connectivity index (χ4n) is 6.87. The number of para-hydroxylation sites is 1. The summed E-state index contributed by atoms with van der Waals surface area (Å²) in [6.45, 7) is 9.32. The van der Waals surface area contributed by atoms with Crippen molar-refractivity contribution >= 4 is 50.6 Å². The third-order valence-electron chi connectivity index (χ3n) is 9.61. The molecule has 0 bridgehead atoms. The van der Waals surface area contributed by atoms with Gasteiger partial charge in [0.25, 0.3) is 5.91 Å². The van der Waals surface area contributed by atoms with Crippen LogP contribution in [0, 0.1) is 11.3 Å². The van der Waals surface area contributed by atoms with Gasteiger partial charge in [-0.1, -0.05) is 83.7 Å². The molecule has 2 atom stereocenters. The first kappa shape index (κ1) is 40.7. The number of amides is 2. The van der Waals surface area contributed by atoms with E-state index in [0.717, 1.165) is 44.2 Å². The van der Waals surface area contributed by atoms with E-state index in [1.807, 2.05) is 56.5 Å². The average Bonchev–Trinajstić information content (AvgIpc) is 3.21. The lowest BCUT2D eigenvalue weighted by Crippen LogP contribution is -2.49. The highest BCUT2D eigenvalue weighted by atomic mass is 32.2. The summed E-state index contributed by atoms with van der Waals surface area (Å²) in [6.07, 6.45) is 7.23. The van der Waals surface area contributed by atoms with Crippen molar-refractivity contribution in [1.29, 1.82) is 0 Å². The van der Waals surface area contributed by atoms with Gasteiger partial charge in [-0.15, -0.1) is 11.8 Å². The quantitative estimate of drug-likeness (QED) is 0.121. The van der Waals surface area contributed by atoms with Gasteiger partial charge in [0.1, 0.15) is 17.5 Å². The number of nitrogens with one attached hydrogen (secondary N) is 2. The number of Topliss-reactive ketones (excluding diaryl/α,β-unsaturated/α-hetero) is 1. The van der Waals surface area contributed by atoms with Crippen molar-refractivity contribution < 1.29 is 32.6 Å². The molecule has 0 fully saturated rings. The van der Waals surface area contributed by atoms with Crippen molar-refractivity contribution in [3.05, 3.63) is 72.3 Å². The number of phenolic OH excluding ortho intramolecular Hbond substituents is 1. The summed E-state index contributed by atoms with van der Waals surface area (Å²) >= 11 is 1.38. The van der Waals surface area contributed by atoms with E-state index in [4.69, 9.17) is 4.74 Å². The van der Waals surface area contributed by atoms with E-state index in [1.165, 1.54) is 43.0 Å². The molecule has 3 aromatic rings. The number of ketones is 1. The molecular weight excluding hydrogens is 699 g/mol. The number of thioether (sulfide) groups is 1. The number of benzene rings is 3. The number of unbranched alkanes of at least 4 members (excludes halogenated alkanes) is 2. The van der Waals surface area contributed by atoms with Crippen LogP contribution in [0.15, 0.2) is 76.5 Å². The van der Waals surface area contributed by atoms with Gasteiger partial charge in [-0.2, -0.15) is 0 Å². The predicted octanol–water partition coefficient (Wildman–Crippen LogP) is 7.37. The van der Waals surface area contributed by atoms with Gasteiger partial charge in [-0.3, -0.25) is 14.4 Å². The largest absolute Gasteiger partial charge is 0.508 e. The number of ether oxygens (including phenoxy) is 1. The highest BCUT2D eigenvalue weighted by molar-refractivity contribution is 7.98. The van der Waals surface area contributed by atoms with Crippen LogP contribution in [0.3, 0.4) is 0 Å². The zero-order valence-electron chi connectivity index (χ0n) is 31.1. The number of hydrogen-bond acceptors (Lipinski definition) is 9. The van der Waals surface area contributed by atoms with Crippen molar-refractivity contribution in [1.82, 2.24) is 10.6 Å². The summed E-state index contributed by atoms with van der Waals surface area (Å²) in [5.74, 6) is -1.38. The molecule has 1 aliphatic rings. The summed E-state index contributed by atoms with van der Waals surface area (Å²) in [7, 11) is -3.80. The maximum atomic E-state index is 14.4. The van der Waals surface area contributed by atoms with Crippen molar-refractivity contribution in [3.8, 4) is 11.5 Å². The smallest absolute Gasteiger partial charge is 0.258 e. The fraction of sp³-hybridized carbons (Fsp3) is 0.475. The lowest BCUT2D eigenvalue weighted by molar-refractivity contribution is -0.132. The first-order valence-electron chi connectivity index (χ1n) is 18.0. The number of sulfone groups is 1. The second-order valence-electron chi connectivity index (χ2n) is 14.1. The molecular formula is C40H53N3O7S2. The van der Waals surface area contributed by atoms with Crippen LogP contribution in [-0.4, -0.2) is 62.3 Å².